The summed E-state index contributed by atoms with van der Waals surface area (Å²) in [6, 6.07) is 0. The van der Waals surface area contributed by atoms with E-state index in [1.165, 1.54) is 0 Å². The van der Waals surface area contributed by atoms with E-state index in [1.807, 2.05) is 0 Å². The topological polar surface area (TPSA) is 58.9 Å². The third-order valence-electron chi connectivity index (χ3n) is 2.00. The molecule has 0 radical (unpaired) electrons. The van der Waals surface area contributed by atoms with Crippen LogP contribution >= 0.6 is 0 Å². The fourth-order valence-electron chi connectivity index (χ4n) is 1.44. The standard InChI is InChI=1S/C6H10O4/c7-5-1-3-6(8)4(10-5)2-9-3/h3-8H,1-2H2/t3-,4-,5+,6+/m1/s1. The second-order valence-electron chi connectivity index (χ2n) is 2.73. The van der Waals surface area contributed by atoms with Gasteiger partial charge in [-0.15, -0.1) is 0 Å². The van der Waals surface area contributed by atoms with Gasteiger partial charge >= 0.3 is 0 Å². The molecule has 2 rings (SSSR count). The molecule has 0 aromatic rings. The van der Waals surface area contributed by atoms with Gasteiger partial charge in [0.05, 0.1) is 12.7 Å². The highest BCUT2D eigenvalue weighted by Crippen LogP contribution is 2.27. The van der Waals surface area contributed by atoms with Crippen molar-refractivity contribution in [1.82, 2.24) is 0 Å². The molecule has 58 valence electrons. The lowest BCUT2D eigenvalue weighted by molar-refractivity contribution is -0.188. The molecule has 0 aliphatic carbocycles. The van der Waals surface area contributed by atoms with Crippen LogP contribution in [0.1, 0.15) is 6.42 Å². The van der Waals surface area contributed by atoms with Gasteiger partial charge in [-0.3, -0.25) is 0 Å². The van der Waals surface area contributed by atoms with Crippen LogP contribution in [0.5, 0.6) is 0 Å². The molecule has 2 aliphatic rings. The number of hydrogen-bond acceptors (Lipinski definition) is 4. The predicted octanol–water partition coefficient (Wildman–Crippen LogP) is -1.15. The summed E-state index contributed by atoms with van der Waals surface area (Å²) in [6.07, 6.45) is -1.43. The minimum atomic E-state index is -0.749. The molecule has 4 heteroatoms. The normalized spacial score (nSPS) is 53.4. The van der Waals surface area contributed by atoms with Gasteiger partial charge in [0.2, 0.25) is 0 Å². The summed E-state index contributed by atoms with van der Waals surface area (Å²) < 4.78 is 10.1. The summed E-state index contributed by atoms with van der Waals surface area (Å²) in [7, 11) is 0. The predicted molar refractivity (Wildman–Crippen MR) is 31.2 cm³/mol. The van der Waals surface area contributed by atoms with Gasteiger partial charge in [0.25, 0.3) is 0 Å². The van der Waals surface area contributed by atoms with Crippen LogP contribution in [0, 0.1) is 0 Å². The summed E-state index contributed by atoms with van der Waals surface area (Å²) in [5, 5.41) is 18.3. The average Bonchev–Trinajstić information content (AvgIpc) is 2.20. The van der Waals surface area contributed by atoms with E-state index < -0.39 is 12.4 Å². The lowest BCUT2D eigenvalue weighted by atomic mass is 10.1. The van der Waals surface area contributed by atoms with E-state index in [9.17, 15) is 5.11 Å². The van der Waals surface area contributed by atoms with Crippen molar-refractivity contribution in [2.75, 3.05) is 6.61 Å². The number of hydrogen-bond donors (Lipinski definition) is 2. The molecule has 4 nitrogen and oxygen atoms in total. The van der Waals surface area contributed by atoms with Crippen molar-refractivity contribution < 1.29 is 19.7 Å². The Morgan fingerprint density at radius 1 is 1.20 bits per heavy atom. The summed E-state index contributed by atoms with van der Waals surface area (Å²) in [4.78, 5) is 0. The third-order valence-corrected chi connectivity index (χ3v) is 2.00. The van der Waals surface area contributed by atoms with Crippen molar-refractivity contribution in [2.24, 2.45) is 0 Å². The number of aliphatic hydroxyl groups is 2. The molecule has 2 saturated heterocycles. The molecule has 0 spiro atoms. The van der Waals surface area contributed by atoms with Gasteiger partial charge in [-0.1, -0.05) is 0 Å². The van der Waals surface area contributed by atoms with Crippen LogP contribution in [0.25, 0.3) is 0 Å². The molecule has 10 heavy (non-hydrogen) atoms. The molecule has 2 heterocycles. The number of aliphatic hydroxyl groups excluding tert-OH is 2. The second kappa shape index (κ2) is 2.17. The van der Waals surface area contributed by atoms with Gasteiger partial charge < -0.3 is 19.7 Å². The highest BCUT2D eigenvalue weighted by molar-refractivity contribution is 4.88. The van der Waals surface area contributed by atoms with Crippen LogP contribution < -0.4 is 0 Å². The van der Waals surface area contributed by atoms with Crippen molar-refractivity contribution in [1.29, 1.82) is 0 Å². The smallest absolute Gasteiger partial charge is 0.157 e. The lowest BCUT2D eigenvalue weighted by Gasteiger charge is -2.27. The molecule has 0 aromatic carbocycles. The molecule has 2 bridgehead atoms. The van der Waals surface area contributed by atoms with E-state index in [1.54, 1.807) is 0 Å². The Morgan fingerprint density at radius 2 is 2.00 bits per heavy atom. The van der Waals surface area contributed by atoms with Gasteiger partial charge in [-0.2, -0.15) is 0 Å². The van der Waals surface area contributed by atoms with Crippen molar-refractivity contribution >= 4 is 0 Å². The highest BCUT2D eigenvalue weighted by Gasteiger charge is 2.43. The first-order valence-corrected chi connectivity index (χ1v) is 3.40. The summed E-state index contributed by atoms with van der Waals surface area (Å²) >= 11 is 0. The van der Waals surface area contributed by atoms with Gasteiger partial charge in [0.15, 0.2) is 6.29 Å². The molecule has 4 atom stereocenters. The van der Waals surface area contributed by atoms with Gasteiger partial charge in [0, 0.05) is 6.42 Å². The fraction of sp³-hybridized carbons (Fsp3) is 1.00. The minimum Gasteiger partial charge on any atom is -0.388 e. The minimum absolute atomic E-state index is 0.214. The summed E-state index contributed by atoms with van der Waals surface area (Å²) in [6.45, 7) is 0.406. The van der Waals surface area contributed by atoms with E-state index in [0.29, 0.717) is 13.0 Å². The molecule has 0 unspecified atom stereocenters. The molecule has 2 N–H and O–H groups in total. The number of fused-ring (bicyclic) bond motifs is 2. The molecule has 0 aromatic heterocycles. The van der Waals surface area contributed by atoms with Crippen LogP contribution in [0.2, 0.25) is 0 Å². The maximum atomic E-state index is 9.27. The molecular formula is C6H10O4. The zero-order chi connectivity index (χ0) is 7.14. The van der Waals surface area contributed by atoms with Crippen molar-refractivity contribution in [2.45, 2.75) is 31.0 Å². The number of rotatable bonds is 0. The van der Waals surface area contributed by atoms with Crippen LogP contribution in [0.15, 0.2) is 0 Å². The van der Waals surface area contributed by atoms with Gasteiger partial charge in [-0.25, -0.2) is 0 Å². The Hall–Kier alpha value is -0.160. The van der Waals surface area contributed by atoms with Crippen LogP contribution in [-0.4, -0.2) is 41.4 Å². The van der Waals surface area contributed by atoms with E-state index in [0.717, 1.165) is 0 Å². The van der Waals surface area contributed by atoms with Crippen LogP contribution in [0.3, 0.4) is 0 Å². The fourth-order valence-corrected chi connectivity index (χ4v) is 1.44. The van der Waals surface area contributed by atoms with E-state index >= 15 is 0 Å². The molecule has 2 fully saturated rings. The molecule has 0 saturated carbocycles. The van der Waals surface area contributed by atoms with Crippen LogP contribution in [-0.2, 0) is 9.47 Å². The quantitative estimate of drug-likeness (QED) is 0.453. The maximum absolute atomic E-state index is 9.27. The van der Waals surface area contributed by atoms with Crippen LogP contribution in [0.4, 0.5) is 0 Å². The van der Waals surface area contributed by atoms with Gasteiger partial charge in [0.1, 0.15) is 12.2 Å². The Bertz CT molecular complexity index is 124. The highest BCUT2D eigenvalue weighted by atomic mass is 16.7. The first-order chi connectivity index (χ1) is 4.77. The first kappa shape index (κ1) is 6.54. The number of ether oxygens (including phenoxy) is 2. The Balaban J connectivity index is 2.09. The first-order valence-electron chi connectivity index (χ1n) is 3.40. The average molecular weight is 146 g/mol. The Labute approximate surface area is 58.4 Å². The zero-order valence-corrected chi connectivity index (χ0v) is 5.43. The van der Waals surface area contributed by atoms with Crippen molar-refractivity contribution in [3.8, 4) is 0 Å². The summed E-state index contributed by atoms with van der Waals surface area (Å²) in [5.74, 6) is 0. The Morgan fingerprint density at radius 3 is 2.70 bits per heavy atom. The van der Waals surface area contributed by atoms with E-state index in [2.05, 4.69) is 0 Å². The van der Waals surface area contributed by atoms with Gasteiger partial charge in [-0.05, 0) is 0 Å². The maximum Gasteiger partial charge on any atom is 0.157 e. The molecule has 0 amide bonds. The second-order valence-corrected chi connectivity index (χ2v) is 2.73. The molecule has 2 aliphatic heterocycles. The largest absolute Gasteiger partial charge is 0.388 e. The third kappa shape index (κ3) is 0.845. The SMILES string of the molecule is O[C@H]1[C@H]2C[C@@H](O)O[C@@H]1CO2. The van der Waals surface area contributed by atoms with E-state index in [-0.39, 0.29) is 12.2 Å². The molecular weight excluding hydrogens is 136 g/mol. The van der Waals surface area contributed by atoms with Crippen molar-refractivity contribution in [3.63, 3.8) is 0 Å². The van der Waals surface area contributed by atoms with Crippen molar-refractivity contribution in [3.05, 3.63) is 0 Å². The summed E-state index contributed by atoms with van der Waals surface area (Å²) in [5.41, 5.74) is 0. The lowest BCUT2D eigenvalue weighted by Crippen LogP contribution is -2.42. The monoisotopic (exact) mass is 146 g/mol. The van der Waals surface area contributed by atoms with E-state index in [4.69, 9.17) is 14.6 Å². The zero-order valence-electron chi connectivity index (χ0n) is 5.43. The Kier molecular flexibility index (Phi) is 1.42.